The SMILES string of the molecule is ClC#C/C=C\[C@@H]1[C@@H]2CCC[C@]13CCC[C@@H](C/C=C/C#CCl)N3O2. The molecule has 4 atom stereocenters. The number of allylic oxidation sites excluding steroid dienone is 2. The summed E-state index contributed by atoms with van der Waals surface area (Å²) in [7, 11) is 0. The van der Waals surface area contributed by atoms with Crippen LogP contribution in [0.1, 0.15) is 44.9 Å². The van der Waals surface area contributed by atoms with Gasteiger partial charge in [-0.2, -0.15) is 5.06 Å². The summed E-state index contributed by atoms with van der Waals surface area (Å²) in [5.74, 6) is 6.03. The summed E-state index contributed by atoms with van der Waals surface area (Å²) in [6.45, 7) is 0. The van der Waals surface area contributed by atoms with Crippen molar-refractivity contribution in [3.63, 3.8) is 0 Å². The molecule has 3 aliphatic rings. The first-order chi connectivity index (χ1) is 11.3. The summed E-state index contributed by atoms with van der Waals surface area (Å²) in [4.78, 5) is 6.40. The van der Waals surface area contributed by atoms with E-state index in [2.05, 4.69) is 39.8 Å². The highest BCUT2D eigenvalue weighted by molar-refractivity contribution is 6.30. The van der Waals surface area contributed by atoms with E-state index in [1.165, 1.54) is 32.1 Å². The monoisotopic (exact) mass is 349 g/mol. The first-order valence-corrected chi connectivity index (χ1v) is 9.07. The highest BCUT2D eigenvalue weighted by Crippen LogP contribution is 2.53. The maximum Gasteiger partial charge on any atom is 0.0875 e. The number of fused-ring (bicyclic) bond motifs is 1. The average molecular weight is 350 g/mol. The van der Waals surface area contributed by atoms with E-state index in [4.69, 9.17) is 28.0 Å². The summed E-state index contributed by atoms with van der Waals surface area (Å²) < 4.78 is 0. The third-order valence-electron chi connectivity index (χ3n) is 5.39. The van der Waals surface area contributed by atoms with Gasteiger partial charge < -0.3 is 0 Å². The van der Waals surface area contributed by atoms with E-state index in [1.54, 1.807) is 0 Å². The van der Waals surface area contributed by atoms with Crippen LogP contribution < -0.4 is 0 Å². The average Bonchev–Trinajstić information content (AvgIpc) is 2.74. The van der Waals surface area contributed by atoms with Crippen molar-refractivity contribution < 1.29 is 4.84 Å². The van der Waals surface area contributed by atoms with Crippen molar-refractivity contribution in [2.75, 3.05) is 0 Å². The lowest BCUT2D eigenvalue weighted by molar-refractivity contribution is -0.221. The molecule has 4 heteroatoms. The van der Waals surface area contributed by atoms with Crippen LogP contribution in [0.3, 0.4) is 0 Å². The molecule has 0 unspecified atom stereocenters. The molecule has 0 aromatic rings. The quantitative estimate of drug-likeness (QED) is 0.690. The van der Waals surface area contributed by atoms with Crippen molar-refractivity contribution in [3.8, 4) is 22.6 Å². The fraction of sp³-hybridized carbons (Fsp3) is 0.579. The second-order valence-corrected chi connectivity index (χ2v) is 6.89. The topological polar surface area (TPSA) is 12.5 Å². The van der Waals surface area contributed by atoms with Gasteiger partial charge in [0.25, 0.3) is 0 Å². The van der Waals surface area contributed by atoms with Gasteiger partial charge in [0, 0.05) is 22.7 Å². The summed E-state index contributed by atoms with van der Waals surface area (Å²) in [5.41, 5.74) is 0.141. The molecule has 0 aromatic heterocycles. The predicted molar refractivity (Wildman–Crippen MR) is 94.6 cm³/mol. The number of hydroxylamine groups is 2. The predicted octanol–water partition coefficient (Wildman–Crippen LogP) is 4.60. The van der Waals surface area contributed by atoms with Crippen LogP contribution in [-0.4, -0.2) is 22.7 Å². The lowest BCUT2D eigenvalue weighted by Gasteiger charge is -2.47. The van der Waals surface area contributed by atoms with Crippen LogP contribution >= 0.6 is 23.2 Å². The Bertz CT molecular complexity index is 602. The molecule has 2 saturated heterocycles. The Balaban J connectivity index is 1.80. The standard InChI is InChI=1S/C19H21Cl2NO/c20-14-4-1-2-8-16-9-6-12-19-13-7-11-18(23-22(16)19)17(19)10-3-5-15-21/h1-3,10,16-18H,6-9,11-13H2/b2-1+,10-3-/t16-,17-,18+,19-/m1/s1. The van der Waals surface area contributed by atoms with Gasteiger partial charge in [0.2, 0.25) is 0 Å². The number of piperidine rings is 1. The van der Waals surface area contributed by atoms with Gasteiger partial charge in [0.15, 0.2) is 0 Å². The molecule has 2 heterocycles. The van der Waals surface area contributed by atoms with Crippen LogP contribution in [0, 0.1) is 28.5 Å². The molecule has 1 saturated carbocycles. The normalized spacial score (nSPS) is 36.3. The van der Waals surface area contributed by atoms with Crippen LogP contribution in [0.2, 0.25) is 0 Å². The minimum atomic E-state index is 0.141. The largest absolute Gasteiger partial charge is 0.294 e. The second-order valence-electron chi connectivity index (χ2n) is 6.51. The van der Waals surface area contributed by atoms with Gasteiger partial charge in [-0.3, -0.25) is 4.84 Å². The van der Waals surface area contributed by atoms with E-state index in [9.17, 15) is 0 Å². The Morgan fingerprint density at radius 1 is 1.09 bits per heavy atom. The fourth-order valence-corrected chi connectivity index (χ4v) is 4.68. The summed E-state index contributed by atoms with van der Waals surface area (Å²) in [5, 5.41) is 7.13. The molecule has 0 aromatic carbocycles. The first kappa shape index (κ1) is 16.9. The van der Waals surface area contributed by atoms with Crippen molar-refractivity contribution in [3.05, 3.63) is 24.3 Å². The molecule has 0 N–H and O–H groups in total. The van der Waals surface area contributed by atoms with Crippen LogP contribution in [0.25, 0.3) is 0 Å². The van der Waals surface area contributed by atoms with Gasteiger partial charge in [0.1, 0.15) is 0 Å². The van der Waals surface area contributed by atoms with Crippen molar-refractivity contribution in [2.45, 2.75) is 62.6 Å². The van der Waals surface area contributed by atoms with Crippen molar-refractivity contribution in [1.29, 1.82) is 0 Å². The third-order valence-corrected chi connectivity index (χ3v) is 5.61. The molecule has 1 spiro atoms. The van der Waals surface area contributed by atoms with Crippen LogP contribution in [-0.2, 0) is 4.84 Å². The highest BCUT2D eigenvalue weighted by Gasteiger charge is 2.58. The van der Waals surface area contributed by atoms with E-state index in [0.717, 1.165) is 12.8 Å². The van der Waals surface area contributed by atoms with Gasteiger partial charge in [-0.25, -0.2) is 0 Å². The lowest BCUT2D eigenvalue weighted by Crippen LogP contribution is -2.55. The van der Waals surface area contributed by atoms with Crippen LogP contribution in [0.5, 0.6) is 0 Å². The Labute approximate surface area is 148 Å². The van der Waals surface area contributed by atoms with Gasteiger partial charge in [-0.15, -0.1) is 0 Å². The maximum absolute atomic E-state index is 6.40. The smallest absolute Gasteiger partial charge is 0.0875 e. The van der Waals surface area contributed by atoms with Crippen LogP contribution in [0.4, 0.5) is 0 Å². The van der Waals surface area contributed by atoms with Gasteiger partial charge >= 0.3 is 0 Å². The third kappa shape index (κ3) is 3.33. The Morgan fingerprint density at radius 2 is 1.83 bits per heavy atom. The molecule has 2 aliphatic heterocycles. The zero-order chi connectivity index (χ0) is 16.1. The molecule has 122 valence electrons. The molecule has 3 rings (SSSR count). The lowest BCUT2D eigenvalue weighted by atomic mass is 9.67. The molecule has 2 bridgehead atoms. The molecule has 0 radical (unpaired) electrons. The molecule has 2 nitrogen and oxygen atoms in total. The molecule has 1 aliphatic carbocycles. The minimum absolute atomic E-state index is 0.141. The number of hydrogen-bond acceptors (Lipinski definition) is 2. The molecule has 23 heavy (non-hydrogen) atoms. The maximum atomic E-state index is 6.40. The molecular formula is C19H21Cl2NO. The van der Waals surface area contributed by atoms with Crippen LogP contribution in [0.15, 0.2) is 24.3 Å². The van der Waals surface area contributed by atoms with E-state index in [1.807, 2.05) is 12.2 Å². The van der Waals surface area contributed by atoms with Crippen molar-refractivity contribution in [1.82, 2.24) is 5.06 Å². The Kier molecular flexibility index (Phi) is 5.73. The number of rotatable bonds is 3. The van der Waals surface area contributed by atoms with Gasteiger partial charge in [0.05, 0.1) is 11.6 Å². The van der Waals surface area contributed by atoms with Crippen molar-refractivity contribution >= 4 is 23.2 Å². The highest BCUT2D eigenvalue weighted by atomic mass is 35.5. The minimum Gasteiger partial charge on any atom is -0.294 e. The fourth-order valence-electron chi connectivity index (χ4n) is 4.56. The number of halogens is 2. The second kappa shape index (κ2) is 7.78. The summed E-state index contributed by atoms with van der Waals surface area (Å²) in [6.07, 6.45) is 16.5. The van der Waals surface area contributed by atoms with E-state index >= 15 is 0 Å². The molecule has 0 amide bonds. The first-order valence-electron chi connectivity index (χ1n) is 8.32. The van der Waals surface area contributed by atoms with Gasteiger partial charge in [-0.05, 0) is 80.3 Å². The molecular weight excluding hydrogens is 329 g/mol. The Hall–Kier alpha value is -0.900. The van der Waals surface area contributed by atoms with E-state index in [0.29, 0.717) is 12.0 Å². The Morgan fingerprint density at radius 3 is 2.61 bits per heavy atom. The summed E-state index contributed by atoms with van der Waals surface area (Å²) >= 11 is 10.9. The zero-order valence-electron chi connectivity index (χ0n) is 13.1. The number of nitrogens with zero attached hydrogens (tertiary/aromatic N) is 1. The number of hydrogen-bond donors (Lipinski definition) is 0. The van der Waals surface area contributed by atoms with Crippen molar-refractivity contribution in [2.24, 2.45) is 5.92 Å². The zero-order valence-corrected chi connectivity index (χ0v) is 14.6. The van der Waals surface area contributed by atoms with E-state index < -0.39 is 0 Å². The van der Waals surface area contributed by atoms with Gasteiger partial charge in [-0.1, -0.05) is 24.0 Å². The van der Waals surface area contributed by atoms with E-state index in [-0.39, 0.29) is 11.6 Å². The summed E-state index contributed by atoms with van der Waals surface area (Å²) in [6, 6.07) is 0.426. The molecule has 3 fully saturated rings.